The SMILES string of the molecule is N#CCN/C=C\C(=N)N. The van der Waals surface area contributed by atoms with Gasteiger partial charge >= 0.3 is 0 Å². The molecule has 0 aromatic rings. The van der Waals surface area contributed by atoms with Crippen LogP contribution in [-0.2, 0) is 0 Å². The van der Waals surface area contributed by atoms with Crippen molar-refractivity contribution in [2.24, 2.45) is 5.73 Å². The van der Waals surface area contributed by atoms with Gasteiger partial charge in [-0.15, -0.1) is 0 Å². The third kappa shape index (κ3) is 6.50. The van der Waals surface area contributed by atoms with Crippen LogP contribution in [0.1, 0.15) is 0 Å². The third-order valence-corrected chi connectivity index (χ3v) is 0.562. The number of nitriles is 1. The fourth-order valence-electron chi connectivity index (χ4n) is 0.253. The van der Waals surface area contributed by atoms with E-state index in [1.54, 1.807) is 0 Å². The molecular formula is C5H8N4. The summed E-state index contributed by atoms with van der Waals surface area (Å²) in [7, 11) is 0. The highest BCUT2D eigenvalue weighted by Crippen LogP contribution is 1.63. The highest BCUT2D eigenvalue weighted by atomic mass is 14.8. The van der Waals surface area contributed by atoms with Crippen LogP contribution in [0.4, 0.5) is 0 Å². The molecule has 0 fully saturated rings. The average Bonchev–Trinajstić information content (AvgIpc) is 1.80. The van der Waals surface area contributed by atoms with E-state index in [-0.39, 0.29) is 12.4 Å². The maximum atomic E-state index is 8.00. The summed E-state index contributed by atoms with van der Waals surface area (Å²) in [4.78, 5) is 0. The third-order valence-electron chi connectivity index (χ3n) is 0.562. The molecule has 0 aliphatic heterocycles. The predicted octanol–water partition coefficient (Wildman–Crippen LogP) is -0.451. The lowest BCUT2D eigenvalue weighted by Gasteiger charge is -1.87. The summed E-state index contributed by atoms with van der Waals surface area (Å²) in [6, 6.07) is 1.87. The van der Waals surface area contributed by atoms with E-state index in [1.165, 1.54) is 12.3 Å². The molecule has 0 aromatic heterocycles. The Morgan fingerprint density at radius 3 is 3.00 bits per heavy atom. The van der Waals surface area contributed by atoms with Gasteiger partial charge in [0.05, 0.1) is 6.07 Å². The van der Waals surface area contributed by atoms with E-state index in [0.29, 0.717) is 0 Å². The first-order valence-electron chi connectivity index (χ1n) is 2.38. The molecule has 0 atom stereocenters. The van der Waals surface area contributed by atoms with E-state index in [1.807, 2.05) is 6.07 Å². The summed E-state index contributed by atoms with van der Waals surface area (Å²) in [6.45, 7) is 0.240. The molecule has 0 amide bonds. The average molecular weight is 124 g/mol. The molecule has 0 bridgehead atoms. The van der Waals surface area contributed by atoms with Crippen molar-refractivity contribution < 1.29 is 0 Å². The van der Waals surface area contributed by atoms with Gasteiger partial charge in [-0.1, -0.05) is 0 Å². The molecule has 4 N–H and O–H groups in total. The zero-order chi connectivity index (χ0) is 7.11. The Bertz CT molecular complexity index is 153. The Morgan fingerprint density at radius 1 is 1.89 bits per heavy atom. The first kappa shape index (κ1) is 7.50. The second kappa shape index (κ2) is 4.65. The summed E-state index contributed by atoms with van der Waals surface area (Å²) in [6.07, 6.45) is 2.84. The second-order valence-corrected chi connectivity index (χ2v) is 1.33. The van der Waals surface area contributed by atoms with E-state index < -0.39 is 0 Å². The zero-order valence-corrected chi connectivity index (χ0v) is 4.89. The lowest BCUT2D eigenvalue weighted by atomic mass is 10.5. The normalized spacial score (nSPS) is 8.78. The molecule has 0 unspecified atom stereocenters. The number of nitrogens with two attached hydrogens (primary N) is 1. The molecule has 0 saturated carbocycles. The minimum absolute atomic E-state index is 0.0274. The van der Waals surface area contributed by atoms with Gasteiger partial charge in [0.1, 0.15) is 12.4 Å². The van der Waals surface area contributed by atoms with E-state index in [2.05, 4.69) is 5.32 Å². The Balaban J connectivity index is 3.28. The number of rotatable bonds is 3. The van der Waals surface area contributed by atoms with Crippen LogP contribution in [0.25, 0.3) is 0 Å². The molecule has 0 saturated heterocycles. The molecule has 0 aliphatic carbocycles. The van der Waals surface area contributed by atoms with Gasteiger partial charge in [0, 0.05) is 6.20 Å². The number of hydrogen-bond donors (Lipinski definition) is 3. The van der Waals surface area contributed by atoms with Crippen molar-refractivity contribution in [3.05, 3.63) is 12.3 Å². The zero-order valence-electron chi connectivity index (χ0n) is 4.89. The summed E-state index contributed by atoms with van der Waals surface area (Å²) in [5, 5.41) is 17.3. The Hall–Kier alpha value is -1.50. The number of amidine groups is 1. The summed E-state index contributed by atoms with van der Waals surface area (Å²) in [5.74, 6) is -0.0274. The molecule has 0 aromatic carbocycles. The van der Waals surface area contributed by atoms with Gasteiger partial charge in [0.2, 0.25) is 0 Å². The van der Waals surface area contributed by atoms with Crippen molar-refractivity contribution in [3.63, 3.8) is 0 Å². The minimum Gasteiger partial charge on any atom is -0.384 e. The number of hydrogen-bond acceptors (Lipinski definition) is 3. The van der Waals surface area contributed by atoms with Crippen LogP contribution < -0.4 is 11.1 Å². The van der Waals surface area contributed by atoms with Crippen LogP contribution in [-0.4, -0.2) is 12.4 Å². The van der Waals surface area contributed by atoms with Crippen molar-refractivity contribution >= 4 is 5.84 Å². The quantitative estimate of drug-likeness (QED) is 0.206. The minimum atomic E-state index is -0.0274. The first-order chi connectivity index (χ1) is 4.27. The van der Waals surface area contributed by atoms with E-state index >= 15 is 0 Å². The Kier molecular flexibility index (Phi) is 3.88. The summed E-state index contributed by atoms with van der Waals surface area (Å²) >= 11 is 0. The molecule has 48 valence electrons. The number of nitrogens with zero attached hydrogens (tertiary/aromatic N) is 1. The van der Waals surface area contributed by atoms with Crippen molar-refractivity contribution in [1.29, 1.82) is 10.7 Å². The van der Waals surface area contributed by atoms with Gasteiger partial charge in [0.25, 0.3) is 0 Å². The molecule has 4 heteroatoms. The monoisotopic (exact) mass is 124 g/mol. The van der Waals surface area contributed by atoms with E-state index in [4.69, 9.17) is 16.4 Å². The van der Waals surface area contributed by atoms with Crippen LogP contribution >= 0.6 is 0 Å². The fraction of sp³-hybridized carbons (Fsp3) is 0.200. The van der Waals surface area contributed by atoms with Crippen molar-refractivity contribution in [2.45, 2.75) is 0 Å². The maximum Gasteiger partial charge on any atom is 0.116 e. The molecule has 0 aliphatic rings. The molecule has 0 heterocycles. The first-order valence-corrected chi connectivity index (χ1v) is 2.38. The van der Waals surface area contributed by atoms with Gasteiger partial charge in [-0.25, -0.2) is 0 Å². The lowest BCUT2D eigenvalue weighted by molar-refractivity contribution is 0.995. The van der Waals surface area contributed by atoms with E-state index in [9.17, 15) is 0 Å². The van der Waals surface area contributed by atoms with Crippen LogP contribution in [0.3, 0.4) is 0 Å². The van der Waals surface area contributed by atoms with Crippen molar-refractivity contribution in [1.82, 2.24) is 5.32 Å². The standard InChI is InChI=1S/C5H8N4/c6-2-4-9-3-1-5(7)8/h1,3,9H,4H2,(H3,7,8)/b3-1-. The van der Waals surface area contributed by atoms with Crippen molar-refractivity contribution in [3.8, 4) is 6.07 Å². The van der Waals surface area contributed by atoms with Crippen LogP contribution in [0, 0.1) is 16.7 Å². The molecule has 9 heavy (non-hydrogen) atoms. The smallest absolute Gasteiger partial charge is 0.116 e. The second-order valence-electron chi connectivity index (χ2n) is 1.33. The summed E-state index contributed by atoms with van der Waals surface area (Å²) in [5.41, 5.74) is 4.95. The topological polar surface area (TPSA) is 85.7 Å². The lowest BCUT2D eigenvalue weighted by Crippen LogP contribution is -2.09. The fourth-order valence-corrected chi connectivity index (χ4v) is 0.253. The van der Waals surface area contributed by atoms with Crippen LogP contribution in [0.2, 0.25) is 0 Å². The van der Waals surface area contributed by atoms with Gasteiger partial charge in [-0.2, -0.15) is 5.26 Å². The van der Waals surface area contributed by atoms with Crippen LogP contribution in [0.15, 0.2) is 12.3 Å². The Labute approximate surface area is 53.5 Å². The highest BCUT2D eigenvalue weighted by molar-refractivity contribution is 5.88. The summed E-state index contributed by atoms with van der Waals surface area (Å²) < 4.78 is 0. The molecule has 4 nitrogen and oxygen atoms in total. The predicted molar refractivity (Wildman–Crippen MR) is 34.7 cm³/mol. The molecular weight excluding hydrogens is 116 g/mol. The molecule has 0 spiro atoms. The highest BCUT2D eigenvalue weighted by Gasteiger charge is 1.74. The molecule has 0 radical (unpaired) electrons. The number of nitrogens with one attached hydrogen (secondary N) is 2. The van der Waals surface area contributed by atoms with E-state index in [0.717, 1.165) is 0 Å². The van der Waals surface area contributed by atoms with Gasteiger partial charge < -0.3 is 11.1 Å². The van der Waals surface area contributed by atoms with Gasteiger partial charge in [-0.3, -0.25) is 5.41 Å². The van der Waals surface area contributed by atoms with Crippen LogP contribution in [0.5, 0.6) is 0 Å². The molecule has 0 rings (SSSR count). The largest absolute Gasteiger partial charge is 0.384 e. The van der Waals surface area contributed by atoms with Gasteiger partial charge in [-0.05, 0) is 6.08 Å². The van der Waals surface area contributed by atoms with Gasteiger partial charge in [0.15, 0.2) is 0 Å². The van der Waals surface area contributed by atoms with Crippen molar-refractivity contribution in [2.75, 3.05) is 6.54 Å². The maximum absolute atomic E-state index is 8.00. The Morgan fingerprint density at radius 2 is 2.56 bits per heavy atom.